The van der Waals surface area contributed by atoms with Gasteiger partial charge in [0.2, 0.25) is 23.6 Å². The molecule has 0 spiro atoms. The van der Waals surface area contributed by atoms with E-state index in [2.05, 4.69) is 28.6 Å². The predicted molar refractivity (Wildman–Crippen MR) is 111 cm³/mol. The molecule has 0 heterocycles. The Morgan fingerprint density at radius 3 is 1.87 bits per heavy atom. The Labute approximate surface area is 184 Å². The van der Waals surface area contributed by atoms with Crippen LogP contribution in [-0.4, -0.2) is 75.7 Å². The van der Waals surface area contributed by atoms with Crippen LogP contribution in [-0.2, 0) is 28.8 Å². The highest BCUT2D eigenvalue weighted by molar-refractivity contribution is 7.80. The lowest BCUT2D eigenvalue weighted by Gasteiger charge is -2.26. The largest absolute Gasteiger partial charge is 0.481 e. The maximum Gasteiger partial charge on any atom is 0.326 e. The highest BCUT2D eigenvalue weighted by atomic mass is 32.1. The molecule has 4 atom stereocenters. The van der Waals surface area contributed by atoms with Crippen LogP contribution in [0.15, 0.2) is 0 Å². The molecular weight excluding hydrogens is 434 g/mol. The molecule has 0 saturated carbocycles. The number of thiol groups is 1. The van der Waals surface area contributed by atoms with Crippen molar-refractivity contribution in [1.29, 1.82) is 0 Å². The van der Waals surface area contributed by atoms with Gasteiger partial charge in [0, 0.05) is 12.2 Å². The smallest absolute Gasteiger partial charge is 0.326 e. The van der Waals surface area contributed by atoms with Crippen LogP contribution in [0, 0.1) is 5.92 Å². The number of aliphatic carboxylic acids is 2. The van der Waals surface area contributed by atoms with Gasteiger partial charge in [-0.2, -0.15) is 12.6 Å². The lowest BCUT2D eigenvalue weighted by Crippen LogP contribution is -2.59. The fourth-order valence-electron chi connectivity index (χ4n) is 2.34. The molecule has 9 N–H and O–H groups in total. The van der Waals surface area contributed by atoms with Gasteiger partial charge in [-0.3, -0.25) is 24.0 Å². The Morgan fingerprint density at radius 2 is 1.45 bits per heavy atom. The summed E-state index contributed by atoms with van der Waals surface area (Å²) in [5.41, 5.74) is 10.5. The zero-order valence-corrected chi connectivity index (χ0v) is 18.1. The molecule has 0 rings (SSSR count). The third-order valence-electron chi connectivity index (χ3n) is 4.09. The van der Waals surface area contributed by atoms with Gasteiger partial charge in [-0.05, 0) is 12.3 Å². The number of hydrogen-bond acceptors (Lipinski definition) is 8. The van der Waals surface area contributed by atoms with E-state index in [1.807, 2.05) is 0 Å². The van der Waals surface area contributed by atoms with Gasteiger partial charge < -0.3 is 37.6 Å². The first-order chi connectivity index (χ1) is 14.3. The van der Waals surface area contributed by atoms with Gasteiger partial charge in [-0.25, -0.2) is 4.79 Å². The standard InChI is InChI=1S/C17H29N5O8S/c1-7(2)13(16(28)20-9(17(29)30)3-4-11(19)23)22-15(27)10(5-12(24)25)21-14(26)8(18)6-31/h7-10,13,31H,3-6,18H2,1-2H3,(H2,19,23)(H,20,28)(H,21,26)(H,22,27)(H,24,25)(H,29,30). The van der Waals surface area contributed by atoms with Gasteiger partial charge in [0.05, 0.1) is 12.5 Å². The van der Waals surface area contributed by atoms with E-state index < -0.39 is 72.1 Å². The number of carboxylic acids is 2. The lowest BCUT2D eigenvalue weighted by molar-refractivity contribution is -0.143. The summed E-state index contributed by atoms with van der Waals surface area (Å²) in [5, 5.41) is 25.0. The Kier molecular flexibility index (Phi) is 12.2. The molecule has 0 aliphatic carbocycles. The fraction of sp³-hybridized carbons (Fsp3) is 0.647. The third kappa shape index (κ3) is 10.6. The summed E-state index contributed by atoms with van der Waals surface area (Å²) in [6.45, 7) is 3.12. The number of carbonyl (C=O) groups is 6. The molecular formula is C17H29N5O8S. The van der Waals surface area contributed by atoms with Gasteiger partial charge in [0.25, 0.3) is 0 Å². The van der Waals surface area contributed by atoms with Crippen LogP contribution >= 0.6 is 12.6 Å². The van der Waals surface area contributed by atoms with E-state index in [1.165, 1.54) is 0 Å². The summed E-state index contributed by atoms with van der Waals surface area (Å²) in [4.78, 5) is 70.3. The molecule has 0 aliphatic rings. The summed E-state index contributed by atoms with van der Waals surface area (Å²) in [6, 6.07) is -5.30. The SMILES string of the molecule is CC(C)C(NC(=O)C(CC(=O)O)NC(=O)C(N)CS)C(=O)NC(CCC(N)=O)C(=O)O. The van der Waals surface area contributed by atoms with E-state index in [1.54, 1.807) is 13.8 Å². The Bertz CT molecular complexity index is 702. The van der Waals surface area contributed by atoms with E-state index in [4.69, 9.17) is 16.6 Å². The molecule has 31 heavy (non-hydrogen) atoms. The minimum atomic E-state index is -1.53. The van der Waals surface area contributed by atoms with Gasteiger partial charge >= 0.3 is 11.9 Å². The molecule has 4 unspecified atom stereocenters. The van der Waals surface area contributed by atoms with Crippen LogP contribution in [0.25, 0.3) is 0 Å². The Morgan fingerprint density at radius 1 is 0.903 bits per heavy atom. The summed E-state index contributed by atoms with van der Waals surface area (Å²) in [6.07, 6.45) is -1.32. The first-order valence-corrected chi connectivity index (χ1v) is 9.93. The first-order valence-electron chi connectivity index (χ1n) is 9.30. The molecule has 0 aromatic carbocycles. The van der Waals surface area contributed by atoms with E-state index in [-0.39, 0.29) is 18.6 Å². The minimum absolute atomic E-state index is 0.0495. The molecule has 0 fully saturated rings. The van der Waals surface area contributed by atoms with Gasteiger partial charge in [-0.1, -0.05) is 13.8 Å². The third-order valence-corrected chi connectivity index (χ3v) is 4.48. The fourth-order valence-corrected chi connectivity index (χ4v) is 2.51. The zero-order valence-electron chi connectivity index (χ0n) is 17.2. The monoisotopic (exact) mass is 463 g/mol. The summed E-state index contributed by atoms with van der Waals surface area (Å²) < 4.78 is 0. The number of carboxylic acid groups (broad SMARTS) is 2. The number of rotatable bonds is 14. The molecule has 13 nitrogen and oxygen atoms in total. The van der Waals surface area contributed by atoms with Crippen molar-refractivity contribution in [3.05, 3.63) is 0 Å². The molecule has 176 valence electrons. The maximum atomic E-state index is 12.6. The molecule has 0 aromatic heterocycles. The van der Waals surface area contributed by atoms with E-state index in [0.717, 1.165) is 0 Å². The second kappa shape index (κ2) is 13.4. The summed E-state index contributed by atoms with van der Waals surface area (Å²) in [7, 11) is 0. The zero-order chi connectivity index (χ0) is 24.3. The highest BCUT2D eigenvalue weighted by Crippen LogP contribution is 2.06. The number of nitrogens with two attached hydrogens (primary N) is 2. The average molecular weight is 464 g/mol. The van der Waals surface area contributed by atoms with Gasteiger partial charge in [0.15, 0.2) is 0 Å². The minimum Gasteiger partial charge on any atom is -0.481 e. The molecule has 14 heteroatoms. The Hall–Kier alpha value is -2.87. The number of carbonyl (C=O) groups excluding carboxylic acids is 4. The van der Waals surface area contributed by atoms with Crippen molar-refractivity contribution in [3.8, 4) is 0 Å². The van der Waals surface area contributed by atoms with Crippen molar-refractivity contribution < 1.29 is 39.0 Å². The van der Waals surface area contributed by atoms with Crippen molar-refractivity contribution >= 4 is 48.2 Å². The predicted octanol–water partition coefficient (Wildman–Crippen LogP) is -2.82. The molecule has 0 radical (unpaired) electrons. The second-order valence-electron chi connectivity index (χ2n) is 7.08. The number of hydrogen-bond donors (Lipinski definition) is 8. The normalized spacial score (nSPS) is 14.6. The van der Waals surface area contributed by atoms with E-state index in [9.17, 15) is 33.9 Å². The van der Waals surface area contributed by atoms with Crippen LogP contribution < -0.4 is 27.4 Å². The molecule has 0 bridgehead atoms. The quantitative estimate of drug-likeness (QED) is 0.124. The molecule has 0 saturated heterocycles. The number of nitrogens with one attached hydrogen (secondary N) is 3. The van der Waals surface area contributed by atoms with Gasteiger partial charge in [0.1, 0.15) is 18.1 Å². The Balaban J connectivity index is 5.40. The molecule has 0 aromatic rings. The van der Waals surface area contributed by atoms with Crippen molar-refractivity contribution in [1.82, 2.24) is 16.0 Å². The van der Waals surface area contributed by atoms with Crippen LogP contribution in [0.2, 0.25) is 0 Å². The number of primary amides is 1. The van der Waals surface area contributed by atoms with Crippen LogP contribution in [0.4, 0.5) is 0 Å². The highest BCUT2D eigenvalue weighted by Gasteiger charge is 2.32. The topological polar surface area (TPSA) is 231 Å². The van der Waals surface area contributed by atoms with Crippen molar-refractivity contribution in [2.75, 3.05) is 5.75 Å². The number of amides is 4. The average Bonchev–Trinajstić information content (AvgIpc) is 2.66. The molecule has 0 aliphatic heterocycles. The second-order valence-corrected chi connectivity index (χ2v) is 7.45. The van der Waals surface area contributed by atoms with Crippen molar-refractivity contribution in [3.63, 3.8) is 0 Å². The van der Waals surface area contributed by atoms with Crippen LogP contribution in [0.3, 0.4) is 0 Å². The van der Waals surface area contributed by atoms with E-state index >= 15 is 0 Å². The van der Waals surface area contributed by atoms with Crippen molar-refractivity contribution in [2.45, 2.75) is 57.3 Å². The van der Waals surface area contributed by atoms with Crippen molar-refractivity contribution in [2.24, 2.45) is 17.4 Å². The van der Waals surface area contributed by atoms with E-state index in [0.29, 0.717) is 0 Å². The summed E-state index contributed by atoms with van der Waals surface area (Å²) >= 11 is 3.85. The summed E-state index contributed by atoms with van der Waals surface area (Å²) in [5.74, 6) is -6.77. The van der Waals surface area contributed by atoms with Gasteiger partial charge in [-0.15, -0.1) is 0 Å². The van der Waals surface area contributed by atoms with Crippen LogP contribution in [0.5, 0.6) is 0 Å². The maximum absolute atomic E-state index is 12.6. The molecule has 4 amide bonds. The first kappa shape index (κ1) is 28.1. The van der Waals surface area contributed by atoms with Crippen LogP contribution in [0.1, 0.15) is 33.1 Å². The lowest BCUT2D eigenvalue weighted by atomic mass is 10.0.